The molecule has 5 nitrogen and oxygen atoms in total. The van der Waals surface area contributed by atoms with E-state index >= 15 is 0 Å². The summed E-state index contributed by atoms with van der Waals surface area (Å²) in [7, 11) is 3.26. The lowest BCUT2D eigenvalue weighted by Gasteiger charge is -2.12. The van der Waals surface area contributed by atoms with Crippen LogP contribution in [0.4, 0.5) is 4.79 Å². The number of aromatic nitrogens is 1. The number of nitrogens with zero attached hydrogens (tertiary/aromatic N) is 1. The first-order valence-electron chi connectivity index (χ1n) is 5.66. The first kappa shape index (κ1) is 12.4. The van der Waals surface area contributed by atoms with Crippen molar-refractivity contribution in [3.63, 3.8) is 0 Å². The number of carbonyl (C=O) groups is 1. The molecule has 18 heavy (non-hydrogen) atoms. The number of amides is 1. The summed E-state index contributed by atoms with van der Waals surface area (Å²) in [6.45, 7) is 0.130. The first-order chi connectivity index (χ1) is 8.61. The van der Waals surface area contributed by atoms with Gasteiger partial charge in [-0.3, -0.25) is 0 Å². The Morgan fingerprint density at radius 3 is 3.00 bits per heavy atom. The van der Waals surface area contributed by atoms with E-state index in [4.69, 9.17) is 0 Å². The molecule has 0 saturated heterocycles. The van der Waals surface area contributed by atoms with E-state index in [0.717, 1.165) is 16.5 Å². The van der Waals surface area contributed by atoms with E-state index in [-0.39, 0.29) is 6.54 Å². The zero-order valence-electron chi connectivity index (χ0n) is 10.4. The zero-order valence-corrected chi connectivity index (χ0v) is 10.4. The molecule has 1 atom stereocenters. The van der Waals surface area contributed by atoms with Gasteiger partial charge in [0.2, 0.25) is 0 Å². The third-order valence-electron chi connectivity index (χ3n) is 2.92. The van der Waals surface area contributed by atoms with Crippen LogP contribution in [0.5, 0.6) is 0 Å². The molecule has 1 amide bonds. The molecule has 1 heterocycles. The quantitative estimate of drug-likeness (QED) is 0.866. The van der Waals surface area contributed by atoms with Crippen LogP contribution in [0.25, 0.3) is 10.9 Å². The zero-order chi connectivity index (χ0) is 13.1. The third-order valence-corrected chi connectivity index (χ3v) is 2.92. The van der Waals surface area contributed by atoms with Crippen LogP contribution >= 0.6 is 0 Å². The fourth-order valence-electron chi connectivity index (χ4n) is 1.88. The molecule has 0 aliphatic rings. The molecule has 0 fully saturated rings. The van der Waals surface area contributed by atoms with E-state index in [1.165, 1.54) is 7.11 Å². The van der Waals surface area contributed by atoms with E-state index < -0.39 is 12.2 Å². The molecule has 2 aromatic rings. The summed E-state index contributed by atoms with van der Waals surface area (Å²) in [5, 5.41) is 13.5. The van der Waals surface area contributed by atoms with Gasteiger partial charge in [-0.25, -0.2) is 4.79 Å². The highest BCUT2D eigenvalue weighted by Crippen LogP contribution is 2.20. The van der Waals surface area contributed by atoms with Crippen molar-refractivity contribution in [2.24, 2.45) is 7.05 Å². The number of hydrogen-bond donors (Lipinski definition) is 2. The van der Waals surface area contributed by atoms with Crippen molar-refractivity contribution in [2.75, 3.05) is 13.7 Å². The number of alkyl carbamates (subject to hydrolysis) is 1. The van der Waals surface area contributed by atoms with Crippen LogP contribution < -0.4 is 5.32 Å². The maximum Gasteiger partial charge on any atom is 0.406 e. The Morgan fingerprint density at radius 2 is 2.28 bits per heavy atom. The molecule has 0 radical (unpaired) electrons. The minimum Gasteiger partial charge on any atom is -0.453 e. The van der Waals surface area contributed by atoms with Gasteiger partial charge in [0.1, 0.15) is 0 Å². The molecule has 5 heteroatoms. The van der Waals surface area contributed by atoms with E-state index in [1.54, 1.807) is 0 Å². The average molecular weight is 248 g/mol. The largest absolute Gasteiger partial charge is 0.453 e. The molecule has 2 N–H and O–H groups in total. The van der Waals surface area contributed by atoms with Gasteiger partial charge in [0.25, 0.3) is 0 Å². The molecule has 0 aliphatic carbocycles. The van der Waals surface area contributed by atoms with Gasteiger partial charge in [-0.15, -0.1) is 0 Å². The van der Waals surface area contributed by atoms with Crippen LogP contribution in [0, 0.1) is 0 Å². The number of rotatable bonds is 3. The molecular formula is C13H16N2O3. The van der Waals surface area contributed by atoms with Crippen LogP contribution in [-0.4, -0.2) is 29.4 Å². The molecule has 96 valence electrons. The number of aliphatic hydroxyl groups excluding tert-OH is 1. The maximum atomic E-state index is 10.9. The normalized spacial score (nSPS) is 12.4. The number of methoxy groups -OCH3 is 1. The van der Waals surface area contributed by atoms with Crippen molar-refractivity contribution in [3.8, 4) is 0 Å². The number of aliphatic hydroxyl groups is 1. The van der Waals surface area contributed by atoms with Crippen molar-refractivity contribution in [3.05, 3.63) is 36.0 Å². The predicted octanol–water partition coefficient (Wildman–Crippen LogP) is 1.57. The topological polar surface area (TPSA) is 63.5 Å². The van der Waals surface area contributed by atoms with Gasteiger partial charge < -0.3 is 19.7 Å². The third kappa shape index (κ3) is 2.46. The lowest BCUT2D eigenvalue weighted by atomic mass is 10.1. The summed E-state index contributed by atoms with van der Waals surface area (Å²) in [6.07, 6.45) is 0.677. The molecular weight excluding hydrogens is 232 g/mol. The summed E-state index contributed by atoms with van der Waals surface area (Å²) in [5.41, 5.74) is 1.87. The highest BCUT2D eigenvalue weighted by Gasteiger charge is 2.10. The van der Waals surface area contributed by atoms with Crippen LogP contribution in [0.2, 0.25) is 0 Å². The number of aryl methyl sites for hydroxylation is 1. The molecule has 1 aromatic heterocycles. The molecule has 1 aromatic carbocycles. The van der Waals surface area contributed by atoms with E-state index in [0.29, 0.717) is 0 Å². The second-order valence-corrected chi connectivity index (χ2v) is 4.13. The van der Waals surface area contributed by atoms with Crippen LogP contribution in [0.1, 0.15) is 11.7 Å². The number of fused-ring (bicyclic) bond motifs is 1. The Balaban J connectivity index is 2.12. The highest BCUT2D eigenvalue weighted by atomic mass is 16.5. The molecule has 0 spiro atoms. The molecule has 1 unspecified atom stereocenters. The Labute approximate surface area is 105 Å². The van der Waals surface area contributed by atoms with Gasteiger partial charge in [-0.05, 0) is 29.1 Å². The van der Waals surface area contributed by atoms with Crippen LogP contribution in [-0.2, 0) is 11.8 Å². The standard InChI is InChI=1S/C13H16N2O3/c1-15-6-5-9-7-10(3-4-11(9)15)12(16)8-14-13(17)18-2/h3-7,12,16H,8H2,1-2H3,(H,14,17). The SMILES string of the molecule is COC(=O)NCC(O)c1ccc2c(ccn2C)c1. The lowest BCUT2D eigenvalue weighted by molar-refractivity contribution is 0.147. The Kier molecular flexibility index (Phi) is 3.53. The number of benzene rings is 1. The fourth-order valence-corrected chi connectivity index (χ4v) is 1.88. The van der Waals surface area contributed by atoms with E-state index in [9.17, 15) is 9.90 Å². The van der Waals surface area contributed by atoms with Crippen molar-refractivity contribution >= 4 is 17.0 Å². The lowest BCUT2D eigenvalue weighted by Crippen LogP contribution is -2.28. The van der Waals surface area contributed by atoms with Crippen LogP contribution in [0.15, 0.2) is 30.5 Å². The van der Waals surface area contributed by atoms with Crippen molar-refractivity contribution in [1.82, 2.24) is 9.88 Å². The van der Waals surface area contributed by atoms with Crippen molar-refractivity contribution < 1.29 is 14.6 Å². The van der Waals surface area contributed by atoms with Gasteiger partial charge in [-0.2, -0.15) is 0 Å². The predicted molar refractivity (Wildman–Crippen MR) is 68.3 cm³/mol. The van der Waals surface area contributed by atoms with Crippen LogP contribution in [0.3, 0.4) is 0 Å². The maximum absolute atomic E-state index is 10.9. The van der Waals surface area contributed by atoms with Gasteiger partial charge in [0, 0.05) is 18.8 Å². The van der Waals surface area contributed by atoms with E-state index in [1.807, 2.05) is 42.1 Å². The second-order valence-electron chi connectivity index (χ2n) is 4.13. The van der Waals surface area contributed by atoms with Gasteiger partial charge in [0.05, 0.1) is 19.8 Å². The van der Waals surface area contributed by atoms with Gasteiger partial charge >= 0.3 is 6.09 Å². The minimum atomic E-state index is -0.742. The smallest absolute Gasteiger partial charge is 0.406 e. The first-order valence-corrected chi connectivity index (χ1v) is 5.66. The fraction of sp³-hybridized carbons (Fsp3) is 0.308. The Hall–Kier alpha value is -2.01. The average Bonchev–Trinajstić information content (AvgIpc) is 2.76. The number of nitrogens with one attached hydrogen (secondary N) is 1. The molecule has 0 saturated carbocycles. The Morgan fingerprint density at radius 1 is 1.50 bits per heavy atom. The monoisotopic (exact) mass is 248 g/mol. The van der Waals surface area contributed by atoms with Gasteiger partial charge in [-0.1, -0.05) is 6.07 Å². The Bertz CT molecular complexity index is 562. The number of ether oxygens (including phenoxy) is 1. The minimum absolute atomic E-state index is 0.130. The summed E-state index contributed by atoms with van der Waals surface area (Å²) < 4.78 is 6.46. The molecule has 0 aliphatic heterocycles. The van der Waals surface area contributed by atoms with Crippen molar-refractivity contribution in [1.29, 1.82) is 0 Å². The summed E-state index contributed by atoms with van der Waals surface area (Å²) in [4.78, 5) is 10.9. The number of hydrogen-bond acceptors (Lipinski definition) is 3. The molecule has 0 bridgehead atoms. The summed E-state index contributed by atoms with van der Waals surface area (Å²) >= 11 is 0. The summed E-state index contributed by atoms with van der Waals surface area (Å²) in [6, 6.07) is 7.70. The van der Waals surface area contributed by atoms with Gasteiger partial charge in [0.15, 0.2) is 0 Å². The molecule has 2 rings (SSSR count). The highest BCUT2D eigenvalue weighted by molar-refractivity contribution is 5.80. The summed E-state index contributed by atoms with van der Waals surface area (Å²) in [5.74, 6) is 0. The second kappa shape index (κ2) is 5.10. The number of carbonyl (C=O) groups excluding carboxylic acids is 1. The van der Waals surface area contributed by atoms with E-state index in [2.05, 4.69) is 10.1 Å². The van der Waals surface area contributed by atoms with Crippen molar-refractivity contribution in [2.45, 2.75) is 6.10 Å².